The van der Waals surface area contributed by atoms with Crippen LogP contribution >= 0.6 is 0 Å². The summed E-state index contributed by atoms with van der Waals surface area (Å²) in [6.45, 7) is 7.43. The van der Waals surface area contributed by atoms with Gasteiger partial charge in [-0.25, -0.2) is 4.68 Å². The van der Waals surface area contributed by atoms with Crippen LogP contribution in [0.5, 0.6) is 0 Å². The van der Waals surface area contributed by atoms with E-state index in [1.807, 2.05) is 48.9 Å². The molecule has 26 heavy (non-hydrogen) atoms. The van der Waals surface area contributed by atoms with Gasteiger partial charge >= 0.3 is 0 Å². The van der Waals surface area contributed by atoms with Gasteiger partial charge in [0.2, 0.25) is 11.8 Å². The molecule has 0 saturated heterocycles. The molecule has 0 bridgehead atoms. The number of nitrogens with zero attached hydrogens (tertiary/aromatic N) is 4. The zero-order chi connectivity index (χ0) is 18.7. The SMILES string of the molecule is Cc1noc(C(C)NC(=O)/C=C/c2c(C)nn(-c3ccccc3)c2C)n1. The predicted octanol–water partition coefficient (Wildman–Crippen LogP) is 3.07. The fourth-order valence-electron chi connectivity index (χ4n) is 2.69. The Morgan fingerprint density at radius 3 is 2.62 bits per heavy atom. The van der Waals surface area contributed by atoms with Crippen molar-refractivity contribution in [2.24, 2.45) is 0 Å². The Morgan fingerprint density at radius 1 is 1.23 bits per heavy atom. The number of nitrogens with one attached hydrogen (secondary N) is 1. The number of para-hydroxylation sites is 1. The third-order valence-corrected chi connectivity index (χ3v) is 4.02. The van der Waals surface area contributed by atoms with E-state index in [2.05, 4.69) is 20.6 Å². The Balaban J connectivity index is 1.74. The fourth-order valence-corrected chi connectivity index (χ4v) is 2.69. The lowest BCUT2D eigenvalue weighted by atomic mass is 10.2. The predicted molar refractivity (Wildman–Crippen MR) is 97.7 cm³/mol. The van der Waals surface area contributed by atoms with E-state index in [1.54, 1.807) is 19.9 Å². The van der Waals surface area contributed by atoms with E-state index in [1.165, 1.54) is 6.08 Å². The molecule has 2 heterocycles. The highest BCUT2D eigenvalue weighted by molar-refractivity contribution is 5.92. The first kappa shape index (κ1) is 17.6. The van der Waals surface area contributed by atoms with Crippen molar-refractivity contribution in [3.8, 4) is 5.69 Å². The lowest BCUT2D eigenvalue weighted by Gasteiger charge is -2.07. The highest BCUT2D eigenvalue weighted by Gasteiger charge is 2.15. The van der Waals surface area contributed by atoms with Crippen LogP contribution < -0.4 is 5.32 Å². The van der Waals surface area contributed by atoms with Crippen LogP contribution in [-0.2, 0) is 4.79 Å². The molecule has 1 aromatic carbocycles. The third kappa shape index (κ3) is 3.72. The molecule has 7 nitrogen and oxygen atoms in total. The molecule has 1 amide bonds. The minimum atomic E-state index is -0.359. The van der Waals surface area contributed by atoms with Crippen LogP contribution in [0.3, 0.4) is 0 Å². The molecule has 3 aromatic rings. The molecule has 0 radical (unpaired) electrons. The van der Waals surface area contributed by atoms with Gasteiger partial charge in [-0.1, -0.05) is 23.4 Å². The van der Waals surface area contributed by atoms with Crippen LogP contribution in [0.1, 0.15) is 41.6 Å². The van der Waals surface area contributed by atoms with E-state index in [0.29, 0.717) is 11.7 Å². The molecule has 1 unspecified atom stereocenters. The molecule has 0 fully saturated rings. The molecule has 0 saturated carbocycles. The third-order valence-electron chi connectivity index (χ3n) is 4.02. The van der Waals surface area contributed by atoms with Gasteiger partial charge in [0, 0.05) is 17.3 Å². The van der Waals surface area contributed by atoms with Gasteiger partial charge in [0.15, 0.2) is 5.82 Å². The molecular formula is C19H21N5O2. The second-order valence-corrected chi connectivity index (χ2v) is 6.08. The topological polar surface area (TPSA) is 85.8 Å². The number of rotatable bonds is 5. The molecule has 0 aliphatic carbocycles. The number of carbonyl (C=O) groups is 1. The average molecular weight is 351 g/mol. The Bertz CT molecular complexity index is 940. The molecule has 1 atom stereocenters. The van der Waals surface area contributed by atoms with E-state index in [-0.39, 0.29) is 11.9 Å². The highest BCUT2D eigenvalue weighted by Crippen LogP contribution is 2.19. The summed E-state index contributed by atoms with van der Waals surface area (Å²) in [5.74, 6) is 0.685. The van der Waals surface area contributed by atoms with Gasteiger partial charge in [-0.05, 0) is 45.9 Å². The number of carbonyl (C=O) groups excluding carboxylic acids is 1. The van der Waals surface area contributed by atoms with Gasteiger partial charge in [-0.15, -0.1) is 0 Å². The molecule has 0 aliphatic heterocycles. The van der Waals surface area contributed by atoms with Crippen molar-refractivity contribution in [3.05, 3.63) is 65.1 Å². The van der Waals surface area contributed by atoms with Gasteiger partial charge < -0.3 is 9.84 Å². The zero-order valence-electron chi connectivity index (χ0n) is 15.2. The van der Waals surface area contributed by atoms with Crippen molar-refractivity contribution in [3.63, 3.8) is 0 Å². The van der Waals surface area contributed by atoms with E-state index < -0.39 is 0 Å². The summed E-state index contributed by atoms with van der Waals surface area (Å²) in [4.78, 5) is 16.3. The summed E-state index contributed by atoms with van der Waals surface area (Å²) in [5.41, 5.74) is 3.73. The van der Waals surface area contributed by atoms with E-state index in [4.69, 9.17) is 4.52 Å². The summed E-state index contributed by atoms with van der Waals surface area (Å²) >= 11 is 0. The molecule has 7 heteroatoms. The molecule has 1 N–H and O–H groups in total. The number of aryl methyl sites for hydroxylation is 2. The fraction of sp³-hybridized carbons (Fsp3) is 0.263. The summed E-state index contributed by atoms with van der Waals surface area (Å²) < 4.78 is 6.94. The van der Waals surface area contributed by atoms with Gasteiger partial charge in [-0.2, -0.15) is 10.1 Å². The van der Waals surface area contributed by atoms with E-state index in [0.717, 1.165) is 22.6 Å². The van der Waals surface area contributed by atoms with Crippen LogP contribution in [0.25, 0.3) is 11.8 Å². The van der Waals surface area contributed by atoms with Crippen LogP contribution in [0.4, 0.5) is 0 Å². The summed E-state index contributed by atoms with van der Waals surface area (Å²) in [5, 5.41) is 11.1. The Kier molecular flexibility index (Phi) is 4.97. The lowest BCUT2D eigenvalue weighted by Crippen LogP contribution is -2.24. The monoisotopic (exact) mass is 351 g/mol. The number of aromatic nitrogens is 4. The van der Waals surface area contributed by atoms with Gasteiger partial charge in [0.05, 0.1) is 11.4 Å². The molecule has 0 aliphatic rings. The minimum Gasteiger partial charge on any atom is -0.341 e. The maximum Gasteiger partial charge on any atom is 0.248 e. The van der Waals surface area contributed by atoms with E-state index in [9.17, 15) is 4.79 Å². The standard InChI is InChI=1S/C19H21N5O2/c1-12-17(14(3)24(22-12)16-8-6-5-7-9-16)10-11-18(25)20-13(2)19-21-15(4)23-26-19/h5-11,13H,1-4H3,(H,20,25)/b11-10+. The van der Waals surface area contributed by atoms with Crippen molar-refractivity contribution in [2.75, 3.05) is 0 Å². The minimum absolute atomic E-state index is 0.236. The normalized spacial score (nSPS) is 12.5. The van der Waals surface area contributed by atoms with Crippen LogP contribution in [0.2, 0.25) is 0 Å². The molecule has 134 valence electrons. The molecule has 0 spiro atoms. The number of benzene rings is 1. The van der Waals surface area contributed by atoms with Crippen LogP contribution in [-0.4, -0.2) is 25.8 Å². The quantitative estimate of drug-likeness (QED) is 0.714. The smallest absolute Gasteiger partial charge is 0.248 e. The largest absolute Gasteiger partial charge is 0.341 e. The first-order chi connectivity index (χ1) is 12.5. The van der Waals surface area contributed by atoms with Crippen molar-refractivity contribution >= 4 is 12.0 Å². The average Bonchev–Trinajstić information content (AvgIpc) is 3.18. The Morgan fingerprint density at radius 2 is 1.96 bits per heavy atom. The van der Waals surface area contributed by atoms with Crippen molar-refractivity contribution < 1.29 is 9.32 Å². The van der Waals surface area contributed by atoms with Gasteiger partial charge in [-0.3, -0.25) is 4.79 Å². The van der Waals surface area contributed by atoms with Crippen LogP contribution in [0, 0.1) is 20.8 Å². The van der Waals surface area contributed by atoms with Crippen LogP contribution in [0.15, 0.2) is 40.9 Å². The first-order valence-corrected chi connectivity index (χ1v) is 8.36. The van der Waals surface area contributed by atoms with Gasteiger partial charge in [0.25, 0.3) is 0 Å². The Labute approximate surface area is 151 Å². The molecule has 3 rings (SSSR count). The van der Waals surface area contributed by atoms with Crippen molar-refractivity contribution in [1.29, 1.82) is 0 Å². The molecule has 2 aromatic heterocycles. The number of amides is 1. The van der Waals surface area contributed by atoms with Crippen molar-refractivity contribution in [1.82, 2.24) is 25.2 Å². The van der Waals surface area contributed by atoms with Gasteiger partial charge in [0.1, 0.15) is 6.04 Å². The number of hydrogen-bond donors (Lipinski definition) is 1. The van der Waals surface area contributed by atoms with Crippen molar-refractivity contribution in [2.45, 2.75) is 33.7 Å². The number of hydrogen-bond acceptors (Lipinski definition) is 5. The molecular weight excluding hydrogens is 330 g/mol. The Hall–Kier alpha value is -3.22. The lowest BCUT2D eigenvalue weighted by molar-refractivity contribution is -0.117. The first-order valence-electron chi connectivity index (χ1n) is 8.36. The maximum absolute atomic E-state index is 12.2. The van der Waals surface area contributed by atoms with E-state index >= 15 is 0 Å². The zero-order valence-corrected chi connectivity index (χ0v) is 15.2. The maximum atomic E-state index is 12.2. The summed E-state index contributed by atoms with van der Waals surface area (Å²) in [6, 6.07) is 9.53. The summed E-state index contributed by atoms with van der Waals surface area (Å²) in [6.07, 6.45) is 3.27. The second-order valence-electron chi connectivity index (χ2n) is 6.08. The highest BCUT2D eigenvalue weighted by atomic mass is 16.5. The second kappa shape index (κ2) is 7.35. The summed E-state index contributed by atoms with van der Waals surface area (Å²) in [7, 11) is 0.